The second kappa shape index (κ2) is 11.2. The molecule has 3 aliphatic carbocycles. The zero-order valence-electron chi connectivity index (χ0n) is 23.1. The predicted octanol–water partition coefficient (Wildman–Crippen LogP) is 3.11. The first-order valence-corrected chi connectivity index (χ1v) is 14.9. The minimum Gasteiger partial charge on any atom is -0.381 e. The van der Waals surface area contributed by atoms with Crippen molar-refractivity contribution in [3.05, 3.63) is 24.0 Å². The van der Waals surface area contributed by atoms with Gasteiger partial charge in [-0.1, -0.05) is 25.7 Å². The van der Waals surface area contributed by atoms with Crippen molar-refractivity contribution in [1.82, 2.24) is 30.9 Å². The van der Waals surface area contributed by atoms with Crippen molar-refractivity contribution in [3.63, 3.8) is 0 Å². The molecule has 4 N–H and O–H groups in total. The van der Waals surface area contributed by atoms with E-state index in [1.54, 1.807) is 18.5 Å². The number of rotatable bonds is 8. The van der Waals surface area contributed by atoms with Gasteiger partial charge in [0.25, 0.3) is 17.4 Å². The molecule has 0 radical (unpaired) electrons. The second-order valence-electron chi connectivity index (χ2n) is 11.6. The van der Waals surface area contributed by atoms with Gasteiger partial charge in [0, 0.05) is 49.3 Å². The van der Waals surface area contributed by atoms with Gasteiger partial charge in [-0.15, -0.1) is 0 Å². The number of hydrogen-bond acceptors (Lipinski definition) is 8. The Hall–Kier alpha value is -3.47. The number of pyridine rings is 1. The van der Waals surface area contributed by atoms with Crippen molar-refractivity contribution >= 4 is 40.0 Å². The molecule has 1 aliphatic heterocycles. The van der Waals surface area contributed by atoms with Crippen molar-refractivity contribution in [2.24, 2.45) is 0 Å². The summed E-state index contributed by atoms with van der Waals surface area (Å²) >= 11 is 0. The summed E-state index contributed by atoms with van der Waals surface area (Å²) in [4.78, 5) is 50.0. The number of nitrogens with zero attached hydrogens (tertiary/aromatic N) is 3. The average Bonchev–Trinajstić information content (AvgIpc) is 3.77. The van der Waals surface area contributed by atoms with E-state index in [1.165, 1.54) is 0 Å². The van der Waals surface area contributed by atoms with Crippen LogP contribution in [-0.4, -0.2) is 56.1 Å². The number of ketones is 1. The molecule has 0 spiro atoms. The van der Waals surface area contributed by atoms with Crippen molar-refractivity contribution in [3.8, 4) is 0 Å². The fourth-order valence-electron chi connectivity index (χ4n) is 6.49. The number of aromatic nitrogens is 3. The summed E-state index contributed by atoms with van der Waals surface area (Å²) in [6, 6.07) is 0.179. The van der Waals surface area contributed by atoms with E-state index in [1.807, 2.05) is 11.6 Å². The van der Waals surface area contributed by atoms with Crippen LogP contribution in [0, 0.1) is 0 Å². The number of carbonyl (C=O) groups is 3. The van der Waals surface area contributed by atoms with Crippen LogP contribution in [0.4, 0.5) is 5.69 Å². The molecule has 0 atom stereocenters. The molecule has 40 heavy (non-hydrogen) atoms. The molecule has 2 aromatic heterocycles. The molecule has 0 bridgehead atoms. The van der Waals surface area contributed by atoms with Gasteiger partial charge in [-0.2, -0.15) is 5.10 Å². The predicted molar refractivity (Wildman–Crippen MR) is 150 cm³/mol. The van der Waals surface area contributed by atoms with Crippen molar-refractivity contribution < 1.29 is 19.2 Å². The number of anilines is 1. The number of aryl methyl sites for hydroxylation is 1. The summed E-state index contributed by atoms with van der Waals surface area (Å²) in [6.07, 6.45) is 15.5. The Bertz CT molecular complexity index is 1280. The first-order chi connectivity index (χ1) is 19.5. The quantitative estimate of drug-likeness (QED) is 0.369. The number of hydrogen-bond donors (Lipinski definition) is 4. The maximum absolute atomic E-state index is 13.7. The van der Waals surface area contributed by atoms with Gasteiger partial charge in [0.1, 0.15) is 5.78 Å². The lowest BCUT2D eigenvalue weighted by Gasteiger charge is -2.26. The molecule has 4 aliphatic rings. The Morgan fingerprint density at radius 1 is 0.975 bits per heavy atom. The smallest absolute Gasteiger partial charge is 0.271 e. The van der Waals surface area contributed by atoms with Crippen molar-refractivity contribution in [2.45, 2.75) is 114 Å². The first kappa shape index (κ1) is 26.7. The number of fused-ring (bicyclic) bond motifs is 1. The van der Waals surface area contributed by atoms with Crippen LogP contribution in [0.1, 0.15) is 89.5 Å². The summed E-state index contributed by atoms with van der Waals surface area (Å²) in [5, 5.41) is 15.1. The van der Waals surface area contributed by atoms with Gasteiger partial charge in [0.05, 0.1) is 23.0 Å². The number of amides is 2. The molecule has 214 valence electrons. The molecule has 2 aromatic rings. The van der Waals surface area contributed by atoms with Crippen LogP contribution in [0.15, 0.2) is 18.5 Å². The van der Waals surface area contributed by atoms with E-state index >= 15 is 0 Å². The Morgan fingerprint density at radius 3 is 2.20 bits per heavy atom. The van der Waals surface area contributed by atoms with E-state index in [0.717, 1.165) is 80.9 Å². The first-order valence-electron chi connectivity index (χ1n) is 14.9. The lowest BCUT2D eigenvalue weighted by Crippen LogP contribution is -2.59. The molecule has 3 heterocycles. The number of carbonyl (C=O) groups excluding carboxylic acids is 3. The minimum absolute atomic E-state index is 0.0360. The summed E-state index contributed by atoms with van der Waals surface area (Å²) in [5.41, 5.74) is 3.81. The Morgan fingerprint density at radius 2 is 1.60 bits per heavy atom. The molecule has 6 rings (SSSR count). The summed E-state index contributed by atoms with van der Waals surface area (Å²) in [6.45, 7) is 2.68. The zero-order chi connectivity index (χ0) is 27.7. The van der Waals surface area contributed by atoms with E-state index in [4.69, 9.17) is 9.82 Å². The van der Waals surface area contributed by atoms with E-state index < -0.39 is 17.4 Å². The summed E-state index contributed by atoms with van der Waals surface area (Å²) < 4.78 is 1.83. The second-order valence-corrected chi connectivity index (χ2v) is 11.6. The summed E-state index contributed by atoms with van der Waals surface area (Å²) in [7, 11) is 0. The fraction of sp³-hybridized carbons (Fsp3) is 0.621. The largest absolute Gasteiger partial charge is 0.381 e. The highest BCUT2D eigenvalue weighted by molar-refractivity contribution is 6.13. The standard InChI is InChI=1S/C29H39N7O4/c1-2-36-26-23(17-31-36)25(32-20-11-13-21(37)14-12-20)22(16-30-26)24-15-29(40-35-24,27(38)33-18-7-3-4-8-18)28(39)34-19-9-5-6-10-19/h15-20,35H,2-14H2,1H3,(H,30,32)(H,33,38)(H,34,39). The third-order valence-corrected chi connectivity index (χ3v) is 8.87. The van der Waals surface area contributed by atoms with Gasteiger partial charge >= 0.3 is 0 Å². The molecular weight excluding hydrogens is 510 g/mol. The lowest BCUT2D eigenvalue weighted by molar-refractivity contribution is -0.158. The van der Waals surface area contributed by atoms with Gasteiger partial charge < -0.3 is 16.0 Å². The number of Topliss-reactive ketones (excluding diaryl/α,β-unsaturated/α-hetero) is 1. The van der Waals surface area contributed by atoms with Crippen LogP contribution in [-0.2, 0) is 25.8 Å². The summed E-state index contributed by atoms with van der Waals surface area (Å²) in [5.74, 6) is -0.618. The molecule has 11 nitrogen and oxygen atoms in total. The molecular formula is C29H39N7O4. The van der Waals surface area contributed by atoms with E-state index in [2.05, 4.69) is 26.5 Å². The van der Waals surface area contributed by atoms with Crippen LogP contribution in [0.5, 0.6) is 0 Å². The van der Waals surface area contributed by atoms with Gasteiger partial charge in [-0.25, -0.2) is 14.5 Å². The van der Waals surface area contributed by atoms with Gasteiger partial charge in [-0.3, -0.25) is 19.9 Å². The minimum atomic E-state index is -1.84. The highest BCUT2D eigenvalue weighted by atomic mass is 16.7. The SMILES string of the molecule is CCn1ncc2c(NC3CCC(=O)CC3)c(C3=CC(C(=O)NC4CCCC4)(C(=O)NC4CCCC4)ON3)cnc21. The molecule has 11 heteroatoms. The van der Waals surface area contributed by atoms with Crippen LogP contribution < -0.4 is 21.4 Å². The maximum Gasteiger partial charge on any atom is 0.271 e. The number of nitrogens with one attached hydrogen (secondary N) is 4. The number of hydroxylamine groups is 1. The average molecular weight is 550 g/mol. The third kappa shape index (κ3) is 5.07. The molecule has 0 unspecified atom stereocenters. The fourth-order valence-corrected chi connectivity index (χ4v) is 6.49. The van der Waals surface area contributed by atoms with Gasteiger partial charge in [0.15, 0.2) is 5.65 Å². The molecule has 0 saturated heterocycles. The Balaban J connectivity index is 1.37. The molecule has 3 fully saturated rings. The lowest BCUT2D eigenvalue weighted by atomic mass is 9.93. The van der Waals surface area contributed by atoms with Crippen molar-refractivity contribution in [1.29, 1.82) is 0 Å². The maximum atomic E-state index is 13.7. The van der Waals surface area contributed by atoms with E-state index in [9.17, 15) is 14.4 Å². The van der Waals surface area contributed by atoms with Gasteiger partial charge in [0.2, 0.25) is 0 Å². The third-order valence-electron chi connectivity index (χ3n) is 8.87. The monoisotopic (exact) mass is 549 g/mol. The zero-order valence-corrected chi connectivity index (χ0v) is 23.1. The highest BCUT2D eigenvalue weighted by Gasteiger charge is 2.51. The van der Waals surface area contributed by atoms with Gasteiger partial charge in [-0.05, 0) is 51.5 Å². The van der Waals surface area contributed by atoms with E-state index in [-0.39, 0.29) is 23.9 Å². The highest BCUT2D eigenvalue weighted by Crippen LogP contribution is 2.36. The molecule has 2 amide bonds. The van der Waals surface area contributed by atoms with Crippen LogP contribution in [0.3, 0.4) is 0 Å². The van der Waals surface area contributed by atoms with Crippen LogP contribution in [0.2, 0.25) is 0 Å². The van der Waals surface area contributed by atoms with Crippen LogP contribution >= 0.6 is 0 Å². The normalized spacial score (nSPS) is 21.9. The molecule has 0 aromatic carbocycles. The Kier molecular flexibility index (Phi) is 7.48. The Labute approximate surface area is 233 Å². The van der Waals surface area contributed by atoms with Crippen molar-refractivity contribution in [2.75, 3.05) is 5.32 Å². The van der Waals surface area contributed by atoms with E-state index in [0.29, 0.717) is 30.6 Å². The topological polar surface area (TPSA) is 139 Å². The molecule has 3 saturated carbocycles. The van der Waals surface area contributed by atoms with Crippen LogP contribution in [0.25, 0.3) is 16.7 Å².